The third-order valence-corrected chi connectivity index (χ3v) is 5.44. The average molecular weight is 423 g/mol. The number of ether oxygens (including phenoxy) is 1. The Balaban J connectivity index is 1.96. The van der Waals surface area contributed by atoms with E-state index in [0.29, 0.717) is 22.1 Å². The molecule has 2 rings (SSSR count). The van der Waals surface area contributed by atoms with Crippen LogP contribution in [0.5, 0.6) is 5.75 Å². The number of thioether (sulfide) groups is 1. The highest BCUT2D eigenvalue weighted by atomic mass is 32.2. The number of nitrogens with one attached hydrogen (secondary N) is 1. The van der Waals surface area contributed by atoms with Crippen LogP contribution in [0.15, 0.2) is 29.2 Å². The van der Waals surface area contributed by atoms with Gasteiger partial charge in [-0.25, -0.2) is 4.79 Å². The smallest absolute Gasteiger partial charge is 0.326 e. The Morgan fingerprint density at radius 2 is 2.04 bits per heavy atom. The van der Waals surface area contributed by atoms with Gasteiger partial charge in [-0.1, -0.05) is 49.5 Å². The molecule has 7 nitrogen and oxygen atoms in total. The van der Waals surface area contributed by atoms with Gasteiger partial charge in [0.1, 0.15) is 16.1 Å². The molecule has 150 valence electrons. The van der Waals surface area contributed by atoms with E-state index in [0.717, 1.165) is 11.3 Å². The quantitative estimate of drug-likeness (QED) is 0.466. The molecule has 2 N–H and O–H groups in total. The van der Waals surface area contributed by atoms with Gasteiger partial charge in [-0.3, -0.25) is 14.5 Å². The largest absolute Gasteiger partial charge is 0.497 e. The SMILES string of the molecule is CCCC(NC(=O)CCN1C(=O)C(=Cc2ccc(OC)cc2)SC1=S)C(=O)O. The van der Waals surface area contributed by atoms with Crippen molar-refractivity contribution in [3.05, 3.63) is 34.7 Å². The third-order valence-electron chi connectivity index (χ3n) is 4.06. The number of methoxy groups -OCH3 is 1. The number of carbonyl (C=O) groups is 3. The van der Waals surface area contributed by atoms with Crippen LogP contribution in [0.3, 0.4) is 0 Å². The number of amides is 2. The molecule has 0 saturated carbocycles. The highest BCUT2D eigenvalue weighted by Gasteiger charge is 2.32. The van der Waals surface area contributed by atoms with Gasteiger partial charge in [0.2, 0.25) is 5.91 Å². The van der Waals surface area contributed by atoms with Crippen molar-refractivity contribution in [2.24, 2.45) is 0 Å². The van der Waals surface area contributed by atoms with Crippen LogP contribution in [-0.4, -0.2) is 51.8 Å². The Kier molecular flexibility index (Phi) is 8.01. The van der Waals surface area contributed by atoms with Gasteiger partial charge in [0.25, 0.3) is 5.91 Å². The van der Waals surface area contributed by atoms with E-state index in [1.807, 2.05) is 19.1 Å². The molecule has 0 radical (unpaired) electrons. The first kappa shape index (κ1) is 21.9. The topological polar surface area (TPSA) is 95.9 Å². The number of hydrogen-bond acceptors (Lipinski definition) is 6. The van der Waals surface area contributed by atoms with Gasteiger partial charge in [0.15, 0.2) is 0 Å². The van der Waals surface area contributed by atoms with E-state index < -0.39 is 17.9 Å². The maximum absolute atomic E-state index is 12.6. The molecule has 1 aromatic carbocycles. The molecule has 1 aliphatic rings. The molecule has 0 bridgehead atoms. The van der Waals surface area contributed by atoms with E-state index in [4.69, 9.17) is 22.1 Å². The molecule has 1 aromatic rings. The summed E-state index contributed by atoms with van der Waals surface area (Å²) in [6.45, 7) is 1.95. The van der Waals surface area contributed by atoms with Crippen LogP contribution in [-0.2, 0) is 14.4 Å². The minimum Gasteiger partial charge on any atom is -0.497 e. The molecular weight excluding hydrogens is 400 g/mol. The first-order valence-corrected chi connectivity index (χ1v) is 9.99. The number of thiocarbonyl (C=S) groups is 1. The normalized spacial score (nSPS) is 16.4. The van der Waals surface area contributed by atoms with Crippen molar-refractivity contribution in [2.75, 3.05) is 13.7 Å². The van der Waals surface area contributed by atoms with E-state index in [1.54, 1.807) is 25.3 Å². The van der Waals surface area contributed by atoms with Crippen molar-refractivity contribution in [2.45, 2.75) is 32.2 Å². The minimum atomic E-state index is -1.07. The van der Waals surface area contributed by atoms with Gasteiger partial charge < -0.3 is 15.2 Å². The Hall–Kier alpha value is -2.39. The van der Waals surface area contributed by atoms with Crippen LogP contribution >= 0.6 is 24.0 Å². The van der Waals surface area contributed by atoms with Gasteiger partial charge in [-0.2, -0.15) is 0 Å². The lowest BCUT2D eigenvalue weighted by atomic mass is 10.1. The Bertz CT molecular complexity index is 792. The molecule has 1 aliphatic heterocycles. The number of carbonyl (C=O) groups excluding carboxylic acids is 2. The number of carboxylic acid groups (broad SMARTS) is 1. The van der Waals surface area contributed by atoms with Gasteiger partial charge in [-0.05, 0) is 30.2 Å². The summed E-state index contributed by atoms with van der Waals surface area (Å²) in [6.07, 6.45) is 2.71. The van der Waals surface area contributed by atoms with Crippen molar-refractivity contribution in [3.8, 4) is 5.75 Å². The van der Waals surface area contributed by atoms with Crippen LogP contribution in [0.2, 0.25) is 0 Å². The fourth-order valence-electron chi connectivity index (χ4n) is 2.57. The average Bonchev–Trinajstić information content (AvgIpc) is 2.93. The van der Waals surface area contributed by atoms with E-state index in [9.17, 15) is 14.4 Å². The Morgan fingerprint density at radius 3 is 2.61 bits per heavy atom. The number of benzene rings is 1. The summed E-state index contributed by atoms with van der Waals surface area (Å²) in [5.41, 5.74) is 0.836. The molecule has 0 aromatic heterocycles. The second-order valence-corrected chi connectivity index (χ2v) is 7.78. The maximum Gasteiger partial charge on any atom is 0.326 e. The molecule has 2 amide bonds. The number of hydrogen-bond donors (Lipinski definition) is 2. The predicted octanol–water partition coefficient (Wildman–Crippen LogP) is 2.66. The number of rotatable bonds is 9. The lowest BCUT2D eigenvalue weighted by Gasteiger charge is -2.16. The van der Waals surface area contributed by atoms with Crippen LogP contribution in [0.25, 0.3) is 6.08 Å². The molecule has 9 heteroatoms. The lowest BCUT2D eigenvalue weighted by Crippen LogP contribution is -2.42. The second kappa shape index (κ2) is 10.2. The molecule has 1 heterocycles. The molecule has 0 spiro atoms. The summed E-state index contributed by atoms with van der Waals surface area (Å²) in [6, 6.07) is 6.34. The van der Waals surface area contributed by atoms with Crippen LogP contribution in [0, 0.1) is 0 Å². The third kappa shape index (κ3) is 5.80. The fourth-order valence-corrected chi connectivity index (χ4v) is 3.88. The molecule has 0 aliphatic carbocycles. The molecule has 1 unspecified atom stereocenters. The first-order valence-electron chi connectivity index (χ1n) is 8.77. The van der Waals surface area contributed by atoms with Crippen molar-refractivity contribution >= 4 is 52.2 Å². The number of carboxylic acids is 1. The van der Waals surface area contributed by atoms with Crippen LogP contribution < -0.4 is 10.1 Å². The van der Waals surface area contributed by atoms with Crippen molar-refractivity contribution in [1.82, 2.24) is 10.2 Å². The zero-order chi connectivity index (χ0) is 20.7. The highest BCUT2D eigenvalue weighted by molar-refractivity contribution is 8.26. The second-order valence-electron chi connectivity index (χ2n) is 6.10. The van der Waals surface area contributed by atoms with Gasteiger partial charge >= 0.3 is 5.97 Å². The summed E-state index contributed by atoms with van der Waals surface area (Å²) < 4.78 is 5.49. The highest BCUT2D eigenvalue weighted by Crippen LogP contribution is 2.32. The molecule has 1 fully saturated rings. The molecule has 28 heavy (non-hydrogen) atoms. The summed E-state index contributed by atoms with van der Waals surface area (Å²) in [5, 5.41) is 11.6. The van der Waals surface area contributed by atoms with E-state index in [1.165, 1.54) is 16.7 Å². The van der Waals surface area contributed by atoms with Crippen molar-refractivity contribution in [3.63, 3.8) is 0 Å². The zero-order valence-corrected chi connectivity index (χ0v) is 17.3. The van der Waals surface area contributed by atoms with Crippen molar-refractivity contribution in [1.29, 1.82) is 0 Å². The summed E-state index contributed by atoms with van der Waals surface area (Å²) in [4.78, 5) is 37.6. The predicted molar refractivity (Wildman–Crippen MR) is 112 cm³/mol. The van der Waals surface area contributed by atoms with Gasteiger partial charge in [-0.15, -0.1) is 0 Å². The Morgan fingerprint density at radius 1 is 1.36 bits per heavy atom. The van der Waals surface area contributed by atoms with Gasteiger partial charge in [0, 0.05) is 13.0 Å². The van der Waals surface area contributed by atoms with Crippen LogP contribution in [0.1, 0.15) is 31.7 Å². The molecule has 1 atom stereocenters. The maximum atomic E-state index is 12.6. The Labute approximate surface area is 173 Å². The van der Waals surface area contributed by atoms with E-state index in [-0.39, 0.29) is 18.9 Å². The summed E-state index contributed by atoms with van der Waals surface area (Å²) >= 11 is 6.43. The van der Waals surface area contributed by atoms with Crippen molar-refractivity contribution < 1.29 is 24.2 Å². The number of nitrogens with zero attached hydrogens (tertiary/aromatic N) is 1. The standard InChI is InChI=1S/C19H22N2O5S2/c1-3-4-14(18(24)25)20-16(22)9-10-21-17(23)15(28-19(21)27)11-12-5-7-13(26-2)8-6-12/h5-8,11,14H,3-4,9-10H2,1-2H3,(H,20,22)(H,24,25). The summed E-state index contributed by atoms with van der Waals surface area (Å²) in [5.74, 6) is -1.03. The number of aliphatic carboxylic acids is 1. The summed E-state index contributed by atoms with van der Waals surface area (Å²) in [7, 11) is 1.58. The monoisotopic (exact) mass is 422 g/mol. The van der Waals surface area contributed by atoms with Gasteiger partial charge in [0.05, 0.1) is 12.0 Å². The van der Waals surface area contributed by atoms with Crippen LogP contribution in [0.4, 0.5) is 0 Å². The minimum absolute atomic E-state index is 0.0181. The molecule has 1 saturated heterocycles. The fraction of sp³-hybridized carbons (Fsp3) is 0.368. The van der Waals surface area contributed by atoms with E-state index >= 15 is 0 Å². The molecular formula is C19H22N2O5S2. The first-order chi connectivity index (χ1) is 13.3. The zero-order valence-electron chi connectivity index (χ0n) is 15.6. The lowest BCUT2D eigenvalue weighted by molar-refractivity contribution is -0.142. The van der Waals surface area contributed by atoms with E-state index in [2.05, 4.69) is 5.32 Å².